The Labute approximate surface area is 197 Å². The number of carbonyl (C=O) groups excluding carboxylic acids is 1. The predicted octanol–water partition coefficient (Wildman–Crippen LogP) is 4.00. The second kappa shape index (κ2) is 9.96. The molecule has 2 aromatic rings. The second-order valence-corrected chi connectivity index (χ2v) is 7.97. The first-order valence-corrected chi connectivity index (χ1v) is 10.6. The number of hydrogen-bond acceptors (Lipinski definition) is 6. The van der Waals surface area contributed by atoms with Gasteiger partial charge in [0.2, 0.25) is 0 Å². The first-order chi connectivity index (χ1) is 16.6. The maximum Gasteiger partial charge on any atom is 0.522 e. The third-order valence-electron chi connectivity index (χ3n) is 5.90. The molecular weight excluding hydrogens is 481 g/mol. The van der Waals surface area contributed by atoms with Crippen molar-refractivity contribution < 1.29 is 50.4 Å². The molecule has 0 bridgehead atoms. The van der Waals surface area contributed by atoms with Crippen LogP contribution in [0.5, 0.6) is 11.5 Å². The van der Waals surface area contributed by atoms with E-state index in [1.165, 1.54) is 42.3 Å². The summed E-state index contributed by atoms with van der Waals surface area (Å²) < 4.78 is 89.5. The van der Waals surface area contributed by atoms with Gasteiger partial charge in [-0.05, 0) is 35.9 Å². The molecule has 0 radical (unpaired) electrons. The Morgan fingerprint density at radius 3 is 2.54 bits per heavy atom. The van der Waals surface area contributed by atoms with E-state index in [1.807, 2.05) is 0 Å². The van der Waals surface area contributed by atoms with Crippen LogP contribution in [0, 0.1) is 11.6 Å². The summed E-state index contributed by atoms with van der Waals surface area (Å²) in [6, 6.07) is 7.46. The molecule has 4 rings (SSSR count). The molecule has 190 valence electrons. The molecule has 0 aromatic heterocycles. The smallest absolute Gasteiger partial charge is 0.493 e. The van der Waals surface area contributed by atoms with E-state index < -0.39 is 36.3 Å². The summed E-state index contributed by atoms with van der Waals surface area (Å²) in [6.45, 7) is -0.820. The molecule has 2 fully saturated rings. The van der Waals surface area contributed by atoms with Crippen molar-refractivity contribution >= 4 is 5.91 Å². The standard InChI is InChI=1S/C23H22F5NO6/c1-31-19-8-14(2-3-18(19)32-6-7-34-23(26,27)28)21(30)29-5-4-22(20(12-29)33-13-35-22)15-9-16(24)11-17(25)10-15/h2-3,8-11,20H,4-7,12-13H2,1H3. The monoisotopic (exact) mass is 503 g/mol. The zero-order chi connectivity index (χ0) is 25.2. The van der Waals surface area contributed by atoms with E-state index >= 15 is 0 Å². The minimum absolute atomic E-state index is 0.0806. The number of amides is 1. The van der Waals surface area contributed by atoms with E-state index in [0.717, 1.165) is 6.07 Å². The van der Waals surface area contributed by atoms with Crippen molar-refractivity contribution in [3.05, 3.63) is 59.2 Å². The number of piperidine rings is 1. The number of likely N-dealkylation sites (tertiary alicyclic amines) is 1. The van der Waals surface area contributed by atoms with E-state index in [2.05, 4.69) is 4.74 Å². The Balaban J connectivity index is 1.45. The number of halogens is 5. The number of carbonyl (C=O) groups is 1. The number of methoxy groups -OCH3 is 1. The maximum atomic E-state index is 13.8. The summed E-state index contributed by atoms with van der Waals surface area (Å²) in [5.74, 6) is -1.52. The molecule has 2 unspecified atom stereocenters. The molecule has 1 amide bonds. The Bertz CT molecular complexity index is 1060. The summed E-state index contributed by atoms with van der Waals surface area (Å²) >= 11 is 0. The van der Waals surface area contributed by atoms with Crippen molar-refractivity contribution in [1.29, 1.82) is 0 Å². The van der Waals surface area contributed by atoms with E-state index in [-0.39, 0.29) is 55.9 Å². The number of fused-ring (bicyclic) bond motifs is 1. The lowest BCUT2D eigenvalue weighted by molar-refractivity contribution is -0.325. The second-order valence-electron chi connectivity index (χ2n) is 7.97. The van der Waals surface area contributed by atoms with Gasteiger partial charge in [0, 0.05) is 24.6 Å². The van der Waals surface area contributed by atoms with Crippen LogP contribution in [0.3, 0.4) is 0 Å². The summed E-state index contributed by atoms with van der Waals surface area (Å²) in [7, 11) is 1.33. The number of nitrogens with zero attached hydrogens (tertiary/aromatic N) is 1. The highest BCUT2D eigenvalue weighted by molar-refractivity contribution is 5.95. The predicted molar refractivity (Wildman–Crippen MR) is 110 cm³/mol. The highest BCUT2D eigenvalue weighted by Crippen LogP contribution is 2.43. The molecule has 2 saturated heterocycles. The minimum Gasteiger partial charge on any atom is -0.493 e. The molecule has 2 aliphatic rings. The van der Waals surface area contributed by atoms with Gasteiger partial charge in [0.05, 0.1) is 20.3 Å². The summed E-state index contributed by atoms with van der Waals surface area (Å²) in [4.78, 5) is 14.7. The molecular formula is C23H22F5NO6. The van der Waals surface area contributed by atoms with Gasteiger partial charge in [-0.25, -0.2) is 8.78 Å². The van der Waals surface area contributed by atoms with Crippen LogP contribution in [0.25, 0.3) is 0 Å². The normalized spacial score (nSPS) is 22.1. The minimum atomic E-state index is -4.76. The van der Waals surface area contributed by atoms with Crippen LogP contribution in [-0.2, 0) is 19.8 Å². The fraction of sp³-hybridized carbons (Fsp3) is 0.435. The van der Waals surface area contributed by atoms with Crippen molar-refractivity contribution in [2.45, 2.75) is 24.5 Å². The first kappa shape index (κ1) is 25.1. The highest BCUT2D eigenvalue weighted by atomic mass is 19.4. The SMILES string of the molecule is COc1cc(C(=O)N2CCC3(c4cc(F)cc(F)c4)OCOC3C2)ccc1OCCOC(F)(F)F. The number of ether oxygens (including phenoxy) is 5. The molecule has 2 heterocycles. The molecule has 0 saturated carbocycles. The van der Waals surface area contributed by atoms with Crippen LogP contribution in [0.2, 0.25) is 0 Å². The molecule has 35 heavy (non-hydrogen) atoms. The number of alkyl halides is 3. The summed E-state index contributed by atoms with van der Waals surface area (Å²) in [5.41, 5.74) is -0.514. The van der Waals surface area contributed by atoms with Crippen LogP contribution >= 0.6 is 0 Å². The number of hydrogen-bond donors (Lipinski definition) is 0. The zero-order valence-electron chi connectivity index (χ0n) is 18.6. The fourth-order valence-corrected chi connectivity index (χ4v) is 4.28. The third kappa shape index (κ3) is 5.49. The molecule has 2 aromatic carbocycles. The lowest BCUT2D eigenvalue weighted by Crippen LogP contribution is -2.53. The number of rotatable bonds is 7. The molecule has 0 N–H and O–H groups in total. The van der Waals surface area contributed by atoms with E-state index in [1.54, 1.807) is 0 Å². The quantitative estimate of drug-likeness (QED) is 0.421. The number of benzene rings is 2. The average Bonchev–Trinajstić information content (AvgIpc) is 3.24. The molecule has 2 aliphatic heterocycles. The van der Waals surface area contributed by atoms with E-state index in [4.69, 9.17) is 18.9 Å². The Hall–Kier alpha value is -2.96. The summed E-state index contributed by atoms with van der Waals surface area (Å²) in [5, 5.41) is 0. The largest absolute Gasteiger partial charge is 0.522 e. The van der Waals surface area contributed by atoms with Gasteiger partial charge in [0.1, 0.15) is 36.7 Å². The van der Waals surface area contributed by atoms with Gasteiger partial charge < -0.3 is 23.8 Å². The molecule has 2 atom stereocenters. The van der Waals surface area contributed by atoms with Gasteiger partial charge in [0.15, 0.2) is 11.5 Å². The van der Waals surface area contributed by atoms with Crippen molar-refractivity contribution in [1.82, 2.24) is 4.90 Å². The van der Waals surface area contributed by atoms with E-state index in [9.17, 15) is 26.7 Å². The topological polar surface area (TPSA) is 66.5 Å². The van der Waals surface area contributed by atoms with E-state index in [0.29, 0.717) is 5.56 Å². The van der Waals surface area contributed by atoms with Crippen LogP contribution in [0.4, 0.5) is 22.0 Å². The average molecular weight is 503 g/mol. The Morgan fingerprint density at radius 2 is 1.86 bits per heavy atom. The third-order valence-corrected chi connectivity index (χ3v) is 5.90. The summed E-state index contributed by atoms with van der Waals surface area (Å²) in [6.07, 6.45) is -5.14. The lowest BCUT2D eigenvalue weighted by Gasteiger charge is -2.42. The lowest BCUT2D eigenvalue weighted by atomic mass is 9.82. The molecule has 12 heteroatoms. The highest BCUT2D eigenvalue weighted by Gasteiger charge is 2.51. The maximum absolute atomic E-state index is 13.8. The van der Waals surface area contributed by atoms with Crippen molar-refractivity contribution in [3.63, 3.8) is 0 Å². The molecule has 0 aliphatic carbocycles. The Morgan fingerprint density at radius 1 is 1.11 bits per heavy atom. The van der Waals surface area contributed by atoms with Gasteiger partial charge in [0.25, 0.3) is 5.91 Å². The van der Waals surface area contributed by atoms with Crippen molar-refractivity contribution in [3.8, 4) is 11.5 Å². The van der Waals surface area contributed by atoms with Crippen LogP contribution in [-0.4, -0.2) is 63.5 Å². The van der Waals surface area contributed by atoms with Gasteiger partial charge in [-0.1, -0.05) is 0 Å². The van der Waals surface area contributed by atoms with Crippen molar-refractivity contribution in [2.24, 2.45) is 0 Å². The molecule has 0 spiro atoms. The van der Waals surface area contributed by atoms with Gasteiger partial charge in [-0.3, -0.25) is 9.53 Å². The van der Waals surface area contributed by atoms with Gasteiger partial charge >= 0.3 is 6.36 Å². The Kier molecular flexibility index (Phi) is 7.15. The van der Waals surface area contributed by atoms with Crippen molar-refractivity contribution in [2.75, 3.05) is 40.2 Å². The first-order valence-electron chi connectivity index (χ1n) is 10.6. The van der Waals surface area contributed by atoms with Crippen LogP contribution < -0.4 is 9.47 Å². The van der Waals surface area contributed by atoms with Crippen LogP contribution in [0.15, 0.2) is 36.4 Å². The van der Waals surface area contributed by atoms with Gasteiger partial charge in [-0.2, -0.15) is 0 Å². The van der Waals surface area contributed by atoms with Crippen LogP contribution in [0.1, 0.15) is 22.3 Å². The molecule has 7 nitrogen and oxygen atoms in total. The zero-order valence-corrected chi connectivity index (χ0v) is 18.6. The van der Waals surface area contributed by atoms with Gasteiger partial charge in [-0.15, -0.1) is 13.2 Å². The fourth-order valence-electron chi connectivity index (χ4n) is 4.28.